The second-order valence-corrected chi connectivity index (χ2v) is 30.9. The molecule has 6 heterocycles. The van der Waals surface area contributed by atoms with E-state index < -0.39 is 22.7 Å². The van der Waals surface area contributed by atoms with Gasteiger partial charge in [-0.3, -0.25) is 44.0 Å². The topological polar surface area (TPSA) is 276 Å². The van der Waals surface area contributed by atoms with Gasteiger partial charge < -0.3 is 60.5 Å². The first-order valence-corrected chi connectivity index (χ1v) is 39.0. The van der Waals surface area contributed by atoms with Crippen LogP contribution in [0.3, 0.4) is 0 Å². The number of amides is 3. The number of anilines is 3. The smallest absolute Gasteiger partial charge is 0.255 e. The number of aliphatic hydroxyl groups excluding tert-OH is 2. The van der Waals surface area contributed by atoms with E-state index in [1.165, 1.54) is 30.5 Å². The van der Waals surface area contributed by atoms with Gasteiger partial charge in [-0.25, -0.2) is 8.78 Å². The van der Waals surface area contributed by atoms with Crippen molar-refractivity contribution >= 4 is 46.4 Å². The summed E-state index contributed by atoms with van der Waals surface area (Å²) in [4.78, 5) is 66.9. The maximum Gasteiger partial charge on any atom is 0.255 e. The van der Waals surface area contributed by atoms with Crippen LogP contribution in [-0.4, -0.2) is 196 Å². The van der Waals surface area contributed by atoms with Gasteiger partial charge in [0.05, 0.1) is 94.3 Å². The zero-order chi connectivity index (χ0) is 82.2. The van der Waals surface area contributed by atoms with Crippen molar-refractivity contribution in [3.63, 3.8) is 0 Å². The second kappa shape index (κ2) is 38.7. The Labute approximate surface area is 672 Å². The quantitative estimate of drug-likeness (QED) is 0.0310. The molecule has 0 spiro atoms. The minimum atomic E-state index is -1.26. The van der Waals surface area contributed by atoms with Crippen molar-refractivity contribution in [1.82, 2.24) is 39.5 Å². The number of carbonyl (C=O) groups excluding carboxylic acids is 3. The lowest BCUT2D eigenvalue weighted by Crippen LogP contribution is -2.52. The number of nitrogens with two attached hydrogens (primary N) is 1. The first-order valence-electron chi connectivity index (χ1n) is 38.6. The molecule has 0 saturated carbocycles. The first kappa shape index (κ1) is 86.1. The average Bonchev–Trinajstić information content (AvgIpc) is 0.788. The molecule has 9 aromatic rings. The SMILES string of the molecule is CCCOc1ccc(N2CCN(C[C@@](C)(O)c3cncc(C(N)=O)c3)C[C@H]2c2ccc(Cl)cc2)c(C#N)c1.CCc1ccc(N2CCN(C[C@@](C)(O)c3ccc(CO)nc3)C[C@H]2c2ccc(F)cc2)c(C(=O)N(C)C)c1.CCc1ccc(N2CCN(C[C@@](C)(O)c3ccnc(CO)c3)C[C@H]2c2ccc(F)cc2)c(C(=O)N(C)C)c1. The summed E-state index contributed by atoms with van der Waals surface area (Å²) in [6.45, 7) is 18.3. The number of piperazine rings is 3. The summed E-state index contributed by atoms with van der Waals surface area (Å²) >= 11 is 6.18. The van der Waals surface area contributed by atoms with E-state index in [0.717, 1.165) is 64.1 Å². The number of halogens is 3. The third kappa shape index (κ3) is 21.6. The summed E-state index contributed by atoms with van der Waals surface area (Å²) < 4.78 is 33.4. The molecule has 22 nitrogen and oxygen atoms in total. The summed E-state index contributed by atoms with van der Waals surface area (Å²) in [5.74, 6) is -0.634. The van der Waals surface area contributed by atoms with Gasteiger partial charge in [-0.05, 0) is 177 Å². The summed E-state index contributed by atoms with van der Waals surface area (Å²) in [6.07, 6.45) is 8.68. The van der Waals surface area contributed by atoms with E-state index in [1.54, 1.807) is 138 Å². The van der Waals surface area contributed by atoms with Crippen LogP contribution in [0, 0.1) is 23.0 Å². The van der Waals surface area contributed by atoms with Crippen molar-refractivity contribution in [2.24, 2.45) is 5.73 Å². The fourth-order valence-electron chi connectivity index (χ4n) is 15.0. The molecule has 0 unspecified atom stereocenters. The Morgan fingerprint density at radius 2 is 1.00 bits per heavy atom. The second-order valence-electron chi connectivity index (χ2n) is 30.5. The highest BCUT2D eigenvalue weighted by atomic mass is 35.5. The maximum atomic E-state index is 13.8. The van der Waals surface area contributed by atoms with Crippen LogP contribution in [-0.2, 0) is 42.9 Å². The third-order valence-electron chi connectivity index (χ3n) is 21.3. The van der Waals surface area contributed by atoms with Gasteiger partial charge in [-0.15, -0.1) is 0 Å². The van der Waals surface area contributed by atoms with Gasteiger partial charge in [0.2, 0.25) is 5.91 Å². The summed E-state index contributed by atoms with van der Waals surface area (Å²) in [7, 11) is 7.02. The molecule has 0 bridgehead atoms. The molecule has 6 aromatic carbocycles. The van der Waals surface area contributed by atoms with Gasteiger partial charge in [-0.1, -0.05) is 87.0 Å². The molecule has 3 aromatic heterocycles. The number of benzene rings is 6. The molecule has 6 atom stereocenters. The molecule has 12 rings (SSSR count). The summed E-state index contributed by atoms with van der Waals surface area (Å²) in [6, 6.07) is 49.0. The van der Waals surface area contributed by atoms with Gasteiger partial charge in [0.15, 0.2) is 0 Å². The van der Waals surface area contributed by atoms with E-state index in [1.807, 2.05) is 67.6 Å². The molecule has 0 aliphatic carbocycles. The number of nitriles is 1. The van der Waals surface area contributed by atoms with Crippen molar-refractivity contribution in [3.05, 3.63) is 277 Å². The molecule has 602 valence electrons. The van der Waals surface area contributed by atoms with Gasteiger partial charge in [0, 0.05) is 148 Å². The van der Waals surface area contributed by atoms with Gasteiger partial charge in [-0.2, -0.15) is 5.26 Å². The number of hydrogen-bond donors (Lipinski definition) is 6. The van der Waals surface area contributed by atoms with Crippen molar-refractivity contribution in [2.45, 2.75) is 109 Å². The van der Waals surface area contributed by atoms with Crippen LogP contribution in [0.25, 0.3) is 0 Å². The average molecular weight is 1580 g/mol. The Morgan fingerprint density at radius 3 is 1.43 bits per heavy atom. The Morgan fingerprint density at radius 1 is 0.544 bits per heavy atom. The van der Waals surface area contributed by atoms with E-state index in [4.69, 9.17) is 22.1 Å². The van der Waals surface area contributed by atoms with E-state index in [9.17, 15) is 54.0 Å². The van der Waals surface area contributed by atoms with Crippen molar-refractivity contribution in [3.8, 4) is 11.8 Å². The maximum absolute atomic E-state index is 13.8. The molecule has 3 aliphatic rings. The number of aliphatic hydroxyl groups is 5. The molecular formula is C89H106ClF2N13O9. The minimum Gasteiger partial charge on any atom is -0.494 e. The number of pyridine rings is 3. The summed E-state index contributed by atoms with van der Waals surface area (Å²) in [5, 5.41) is 63.5. The van der Waals surface area contributed by atoms with Crippen LogP contribution in [0.4, 0.5) is 25.8 Å². The van der Waals surface area contributed by atoms with E-state index in [2.05, 4.69) is 76.4 Å². The third-order valence-corrected chi connectivity index (χ3v) is 21.6. The molecule has 3 fully saturated rings. The molecule has 3 aliphatic heterocycles. The highest BCUT2D eigenvalue weighted by molar-refractivity contribution is 6.30. The predicted molar refractivity (Wildman–Crippen MR) is 440 cm³/mol. The van der Waals surface area contributed by atoms with Gasteiger partial charge in [0.25, 0.3) is 11.8 Å². The fraction of sp³-hybridized carbons (Fsp3) is 0.382. The van der Waals surface area contributed by atoms with E-state index >= 15 is 0 Å². The molecule has 114 heavy (non-hydrogen) atoms. The standard InChI is InChI=1S/2C30H37FN4O3.C29H32ClN5O3/c1-5-21-6-13-27(26(16-21)29(37)33(3)4)35-15-14-34(18-28(35)22-7-10-24(31)11-8-22)20-30(2,38)23-9-12-25(19-36)32-17-23;1-5-21-6-11-27(26(16-21)29(37)33(3)4)35-15-14-34(18-28(35)22-7-9-24(31)10-8-22)20-30(2,38)23-12-13-32-25(17-23)19-36;1-3-12-38-25-8-9-26(21(14-25)15-31)35-11-10-34(18-27(35)20-4-6-24(30)7-5-20)19-29(2,37)23-13-22(28(32)36)16-33-17-23/h2*6-13,16-17,28,36,38H,5,14-15,18-20H2,1-4H3;4-9,13-14,16-17,27,37H,3,10-12,18-19H2,1-2H3,(H2,32,36)/t2*28-,30+;27-,29+/m000/s1. The number of hydrogen-bond acceptors (Lipinski definition) is 19. The number of aryl methyl sites for hydroxylation is 2. The zero-order valence-electron chi connectivity index (χ0n) is 66.7. The van der Waals surface area contributed by atoms with Crippen molar-refractivity contribution < 1.29 is 53.4 Å². The predicted octanol–water partition coefficient (Wildman–Crippen LogP) is 11.8. The lowest BCUT2D eigenvalue weighted by molar-refractivity contribution is 0.00961. The lowest BCUT2D eigenvalue weighted by atomic mass is 9.93. The number of nitrogens with zero attached hydrogens (tertiary/aromatic N) is 12. The Bertz CT molecular complexity index is 4780. The number of primary amides is 1. The van der Waals surface area contributed by atoms with Gasteiger partial charge >= 0.3 is 0 Å². The fourth-order valence-corrected chi connectivity index (χ4v) is 15.1. The van der Waals surface area contributed by atoms with E-state index in [-0.39, 0.29) is 60.4 Å². The summed E-state index contributed by atoms with van der Waals surface area (Å²) in [5.41, 5.74) is 14.5. The zero-order valence-corrected chi connectivity index (χ0v) is 67.5. The minimum absolute atomic E-state index is 0.0580. The molecule has 7 N–H and O–H groups in total. The van der Waals surface area contributed by atoms with Crippen LogP contribution in [0.2, 0.25) is 5.02 Å². The first-order chi connectivity index (χ1) is 54.5. The van der Waals surface area contributed by atoms with Crippen LogP contribution in [0.15, 0.2) is 183 Å². The number of ether oxygens (including phenoxy) is 1. The van der Waals surface area contributed by atoms with Crippen LogP contribution < -0.4 is 25.2 Å². The molecule has 3 amide bonds. The Balaban J connectivity index is 0.000000181. The number of aromatic nitrogens is 3. The number of carbonyl (C=O) groups is 3. The van der Waals surface area contributed by atoms with E-state index in [0.29, 0.717) is 141 Å². The Kier molecular flexibility index (Phi) is 29.2. The largest absolute Gasteiger partial charge is 0.494 e. The normalized spacial score (nSPS) is 17.7. The number of β-amino-alcohol motifs (C(OH)–C–C–N with tert-alkyl or cyclic N) is 3. The molecule has 25 heteroatoms. The molecule has 3 saturated heterocycles. The van der Waals surface area contributed by atoms with Crippen molar-refractivity contribution in [2.75, 3.05) is 128 Å². The highest BCUT2D eigenvalue weighted by Gasteiger charge is 2.39. The molecule has 0 radical (unpaired) electrons. The monoisotopic (exact) mass is 1570 g/mol. The van der Waals surface area contributed by atoms with Crippen LogP contribution in [0.5, 0.6) is 5.75 Å². The van der Waals surface area contributed by atoms with Crippen LogP contribution >= 0.6 is 11.6 Å². The molecular weight excluding hydrogens is 1470 g/mol. The lowest BCUT2D eigenvalue weighted by Gasteiger charge is -2.45. The van der Waals surface area contributed by atoms with Crippen LogP contribution in [0.1, 0.15) is 159 Å². The van der Waals surface area contributed by atoms with Crippen molar-refractivity contribution in [1.29, 1.82) is 5.26 Å². The van der Waals surface area contributed by atoms with Gasteiger partial charge in [0.1, 0.15) is 34.7 Å². The highest BCUT2D eigenvalue weighted by Crippen LogP contribution is 2.41. The number of rotatable bonds is 25. The Hall–Kier alpha value is -10.3.